The van der Waals surface area contributed by atoms with Crippen molar-refractivity contribution in [3.63, 3.8) is 0 Å². The van der Waals surface area contributed by atoms with Crippen molar-refractivity contribution < 1.29 is 0 Å². The summed E-state index contributed by atoms with van der Waals surface area (Å²) in [5.41, 5.74) is 7.54. The van der Waals surface area contributed by atoms with Gasteiger partial charge in [0.1, 0.15) is 15.9 Å². The topological polar surface area (TPSA) is 69.4 Å². The fourth-order valence-corrected chi connectivity index (χ4v) is 6.81. The van der Waals surface area contributed by atoms with E-state index >= 15 is 0 Å². The average molecular weight is 583 g/mol. The smallest absolute Gasteiger partial charge is 0.165 e. The lowest BCUT2D eigenvalue weighted by atomic mass is 10.1. The first-order valence-electron chi connectivity index (χ1n) is 14.4. The van der Waals surface area contributed by atoms with Gasteiger partial charge in [-0.15, -0.1) is 11.3 Å². The van der Waals surface area contributed by atoms with E-state index in [9.17, 15) is 0 Å². The molecule has 0 aliphatic rings. The number of benzene rings is 5. The predicted molar refractivity (Wildman–Crippen MR) is 179 cm³/mol. The summed E-state index contributed by atoms with van der Waals surface area (Å²) in [5, 5.41) is 2.21. The van der Waals surface area contributed by atoms with Crippen molar-refractivity contribution >= 4 is 53.8 Å². The van der Waals surface area contributed by atoms with Crippen molar-refractivity contribution in [1.29, 1.82) is 0 Å². The number of thiophene rings is 1. The average Bonchev–Trinajstić information content (AvgIpc) is 3.63. The molecule has 0 unspecified atom stereocenters. The molecule has 4 heterocycles. The first-order valence-corrected chi connectivity index (χ1v) is 15.2. The summed E-state index contributed by atoms with van der Waals surface area (Å²) >= 11 is 1.69. The molecule has 0 aliphatic carbocycles. The van der Waals surface area contributed by atoms with Crippen molar-refractivity contribution in [2.24, 2.45) is 0 Å². The standard InChI is InChI=1S/C37H22N6S/c1-3-11-23(12-4-1)33-40-34(24-13-5-2-6-14-24)42-35(41-33)25-19-21-26(22-20-25)43-29-17-9-7-15-27(29)31-36(43)38-32-28-16-8-10-18-30(28)44-37(32)39-31/h1-22H. The van der Waals surface area contributed by atoms with E-state index < -0.39 is 0 Å². The number of hydrogen-bond donors (Lipinski definition) is 0. The fourth-order valence-electron chi connectivity index (χ4n) is 5.79. The van der Waals surface area contributed by atoms with Gasteiger partial charge in [0.15, 0.2) is 23.1 Å². The minimum Gasteiger partial charge on any atom is -0.293 e. The van der Waals surface area contributed by atoms with E-state index in [1.165, 1.54) is 4.70 Å². The van der Waals surface area contributed by atoms with Crippen molar-refractivity contribution in [1.82, 2.24) is 29.5 Å². The first-order chi connectivity index (χ1) is 21.8. The molecular formula is C37H22N6S. The molecule has 4 aromatic heterocycles. The summed E-state index contributed by atoms with van der Waals surface area (Å²) in [4.78, 5) is 25.9. The number of para-hydroxylation sites is 1. The Morgan fingerprint density at radius 3 is 1.64 bits per heavy atom. The van der Waals surface area contributed by atoms with Crippen LogP contribution >= 0.6 is 11.3 Å². The molecule has 0 fully saturated rings. The zero-order valence-electron chi connectivity index (χ0n) is 23.3. The molecule has 0 spiro atoms. The van der Waals surface area contributed by atoms with E-state index in [4.69, 9.17) is 24.9 Å². The van der Waals surface area contributed by atoms with Crippen LogP contribution < -0.4 is 0 Å². The minimum atomic E-state index is 0.623. The molecule has 9 aromatic rings. The van der Waals surface area contributed by atoms with Gasteiger partial charge in [0.05, 0.1) is 5.52 Å². The van der Waals surface area contributed by atoms with Gasteiger partial charge in [-0.1, -0.05) is 97.1 Å². The quantitative estimate of drug-likeness (QED) is 0.207. The lowest BCUT2D eigenvalue weighted by molar-refractivity contribution is 1.07. The van der Waals surface area contributed by atoms with Crippen LogP contribution in [0, 0.1) is 0 Å². The lowest BCUT2D eigenvalue weighted by Gasteiger charge is -2.10. The predicted octanol–water partition coefficient (Wildman–Crippen LogP) is 9.13. The maximum atomic E-state index is 5.23. The molecule has 0 aliphatic heterocycles. The number of aromatic nitrogens is 6. The van der Waals surface area contributed by atoms with Crippen LogP contribution in [0.5, 0.6) is 0 Å². The van der Waals surface area contributed by atoms with Crippen molar-refractivity contribution in [2.45, 2.75) is 0 Å². The molecule has 0 bridgehead atoms. The van der Waals surface area contributed by atoms with Gasteiger partial charge in [0.25, 0.3) is 0 Å². The Labute approximate surface area is 256 Å². The van der Waals surface area contributed by atoms with Crippen molar-refractivity contribution in [2.75, 3.05) is 0 Å². The second-order valence-corrected chi connectivity index (χ2v) is 11.6. The van der Waals surface area contributed by atoms with Crippen LogP contribution in [-0.2, 0) is 0 Å². The third-order valence-corrected chi connectivity index (χ3v) is 8.94. The summed E-state index contributed by atoms with van der Waals surface area (Å²) in [6, 6.07) is 45.2. The Bertz CT molecular complexity index is 2430. The molecule has 0 radical (unpaired) electrons. The van der Waals surface area contributed by atoms with Crippen LogP contribution in [0.4, 0.5) is 0 Å². The van der Waals surface area contributed by atoms with Gasteiger partial charge >= 0.3 is 0 Å². The molecule has 7 heteroatoms. The second kappa shape index (κ2) is 9.90. The lowest BCUT2D eigenvalue weighted by Crippen LogP contribution is -2.00. The van der Waals surface area contributed by atoms with Crippen molar-refractivity contribution in [3.8, 4) is 39.9 Å². The highest BCUT2D eigenvalue weighted by Crippen LogP contribution is 2.37. The van der Waals surface area contributed by atoms with Gasteiger partial charge in [-0.25, -0.2) is 24.9 Å². The van der Waals surface area contributed by atoms with Gasteiger partial charge < -0.3 is 0 Å². The van der Waals surface area contributed by atoms with E-state index in [1.807, 2.05) is 60.7 Å². The Hall–Kier alpha value is -5.79. The van der Waals surface area contributed by atoms with Gasteiger partial charge in [0, 0.05) is 37.9 Å². The van der Waals surface area contributed by atoms with E-state index in [0.29, 0.717) is 17.5 Å². The maximum absolute atomic E-state index is 5.23. The summed E-state index contributed by atoms with van der Waals surface area (Å²) in [5.74, 6) is 1.91. The van der Waals surface area contributed by atoms with Crippen molar-refractivity contribution in [3.05, 3.63) is 133 Å². The van der Waals surface area contributed by atoms with Crippen LogP contribution in [0.1, 0.15) is 0 Å². The van der Waals surface area contributed by atoms with Gasteiger partial charge in [-0.2, -0.15) is 0 Å². The Kier molecular flexibility index (Phi) is 5.57. The third-order valence-electron chi connectivity index (χ3n) is 7.89. The number of nitrogens with zero attached hydrogens (tertiary/aromatic N) is 6. The molecule has 0 saturated carbocycles. The molecule has 0 atom stereocenters. The van der Waals surface area contributed by atoms with E-state index in [0.717, 1.165) is 60.2 Å². The zero-order chi connectivity index (χ0) is 29.0. The summed E-state index contributed by atoms with van der Waals surface area (Å²) in [6.45, 7) is 0. The Balaban J connectivity index is 1.21. The fraction of sp³-hybridized carbons (Fsp3) is 0. The van der Waals surface area contributed by atoms with E-state index in [1.54, 1.807) is 11.3 Å². The molecule has 9 rings (SSSR count). The minimum absolute atomic E-state index is 0.623. The van der Waals surface area contributed by atoms with Gasteiger partial charge in [-0.05, 0) is 36.4 Å². The van der Waals surface area contributed by atoms with Crippen LogP contribution in [0.3, 0.4) is 0 Å². The summed E-state index contributed by atoms with van der Waals surface area (Å²) in [7, 11) is 0. The number of fused-ring (bicyclic) bond motifs is 6. The van der Waals surface area contributed by atoms with Crippen LogP contribution in [0.15, 0.2) is 133 Å². The van der Waals surface area contributed by atoms with E-state index in [2.05, 4.69) is 77.4 Å². The Morgan fingerprint density at radius 1 is 0.432 bits per heavy atom. The van der Waals surface area contributed by atoms with Crippen LogP contribution in [0.2, 0.25) is 0 Å². The zero-order valence-corrected chi connectivity index (χ0v) is 24.1. The molecule has 6 nitrogen and oxygen atoms in total. The normalized spacial score (nSPS) is 11.6. The molecule has 0 N–H and O–H groups in total. The van der Waals surface area contributed by atoms with Crippen LogP contribution in [0.25, 0.3) is 82.4 Å². The van der Waals surface area contributed by atoms with Gasteiger partial charge in [-0.3, -0.25) is 4.57 Å². The Morgan fingerprint density at radius 2 is 0.977 bits per heavy atom. The molecule has 206 valence electrons. The first kappa shape index (κ1) is 24.8. The summed E-state index contributed by atoms with van der Waals surface area (Å²) in [6.07, 6.45) is 0. The third kappa shape index (κ3) is 3.98. The largest absolute Gasteiger partial charge is 0.293 e. The SMILES string of the molecule is c1ccc(-c2nc(-c3ccccc3)nc(-c3ccc(-n4c5ccccc5c5nc6sc7ccccc7c6nc54)cc3)n2)cc1. The maximum Gasteiger partial charge on any atom is 0.165 e. The second-order valence-electron chi connectivity index (χ2n) is 10.6. The van der Waals surface area contributed by atoms with Crippen LogP contribution in [-0.4, -0.2) is 29.5 Å². The number of rotatable bonds is 4. The van der Waals surface area contributed by atoms with Gasteiger partial charge in [0.2, 0.25) is 0 Å². The molecule has 0 amide bonds. The molecular weight excluding hydrogens is 561 g/mol. The molecule has 44 heavy (non-hydrogen) atoms. The van der Waals surface area contributed by atoms with E-state index in [-0.39, 0.29) is 0 Å². The highest BCUT2D eigenvalue weighted by atomic mass is 32.1. The number of hydrogen-bond acceptors (Lipinski definition) is 6. The summed E-state index contributed by atoms with van der Waals surface area (Å²) < 4.78 is 3.39. The monoisotopic (exact) mass is 582 g/mol. The highest BCUT2D eigenvalue weighted by molar-refractivity contribution is 7.25. The molecule has 0 saturated heterocycles. The molecule has 5 aromatic carbocycles. The highest BCUT2D eigenvalue weighted by Gasteiger charge is 2.18.